The third-order valence-electron chi connectivity index (χ3n) is 1.67. The Labute approximate surface area is 90.0 Å². The average molecular weight is 214 g/mol. The Kier molecular flexibility index (Phi) is 8.78. The summed E-state index contributed by atoms with van der Waals surface area (Å²) < 4.78 is 5.01. The molecular weight excluding hydrogens is 196 g/mol. The van der Waals surface area contributed by atoms with E-state index in [2.05, 4.69) is 11.2 Å². The highest BCUT2D eigenvalue weighted by molar-refractivity contribution is 5.81. The Morgan fingerprint density at radius 2 is 2.33 bits per heavy atom. The van der Waals surface area contributed by atoms with Crippen molar-refractivity contribution in [3.63, 3.8) is 0 Å². The lowest BCUT2D eigenvalue weighted by molar-refractivity contribution is -0.122. The molecule has 0 aliphatic heterocycles. The fraction of sp³-hybridized carbons (Fsp3) is 0.700. The van der Waals surface area contributed by atoms with Gasteiger partial charge in [-0.15, -0.1) is 12.3 Å². The zero-order valence-electron chi connectivity index (χ0n) is 8.74. The molecule has 0 bridgehead atoms. The molecule has 0 aromatic carbocycles. The molecule has 4 N–H and O–H groups in total. The van der Waals surface area contributed by atoms with Crippen LogP contribution in [0.4, 0.5) is 0 Å². The average Bonchev–Trinajstić information content (AvgIpc) is 2.23. The molecule has 15 heavy (non-hydrogen) atoms. The molecule has 5 heteroatoms. The summed E-state index contributed by atoms with van der Waals surface area (Å²) in [6.45, 7) is 1.34. The lowest BCUT2D eigenvalue weighted by Gasteiger charge is -2.09. The van der Waals surface area contributed by atoms with Gasteiger partial charge in [0.25, 0.3) is 0 Å². The van der Waals surface area contributed by atoms with Crippen LogP contribution in [0.25, 0.3) is 0 Å². The number of ether oxygens (including phenoxy) is 1. The number of carbonyl (C=O) groups excluding carboxylic acids is 1. The first-order valence-corrected chi connectivity index (χ1v) is 4.87. The summed E-state index contributed by atoms with van der Waals surface area (Å²) >= 11 is 0. The molecule has 0 aliphatic carbocycles. The molecule has 0 spiro atoms. The lowest BCUT2D eigenvalue weighted by Crippen LogP contribution is -2.40. The number of nitrogens with one attached hydrogen (secondary N) is 1. The molecule has 0 aromatic heterocycles. The van der Waals surface area contributed by atoms with Crippen LogP contribution in [0.3, 0.4) is 0 Å². The van der Waals surface area contributed by atoms with E-state index in [1.807, 2.05) is 0 Å². The molecule has 0 radical (unpaired) electrons. The molecule has 1 unspecified atom stereocenters. The van der Waals surface area contributed by atoms with Gasteiger partial charge in [-0.05, 0) is 6.42 Å². The second-order valence-corrected chi connectivity index (χ2v) is 3.00. The van der Waals surface area contributed by atoms with Crippen LogP contribution in [0, 0.1) is 12.3 Å². The Bertz CT molecular complexity index is 213. The largest absolute Gasteiger partial charge is 0.394 e. The van der Waals surface area contributed by atoms with Gasteiger partial charge in [-0.1, -0.05) is 0 Å². The molecule has 0 saturated carbocycles. The fourth-order valence-corrected chi connectivity index (χ4v) is 0.903. The highest BCUT2D eigenvalue weighted by atomic mass is 16.5. The van der Waals surface area contributed by atoms with Gasteiger partial charge < -0.3 is 20.9 Å². The third-order valence-corrected chi connectivity index (χ3v) is 1.67. The van der Waals surface area contributed by atoms with Gasteiger partial charge in [0.2, 0.25) is 5.91 Å². The minimum Gasteiger partial charge on any atom is -0.394 e. The van der Waals surface area contributed by atoms with Crippen molar-refractivity contribution >= 4 is 5.91 Å². The quantitative estimate of drug-likeness (QED) is 0.352. The summed E-state index contributed by atoms with van der Waals surface area (Å²) in [6, 6.07) is -0.631. The van der Waals surface area contributed by atoms with E-state index in [0.29, 0.717) is 26.2 Å². The summed E-state index contributed by atoms with van der Waals surface area (Å²) in [4.78, 5) is 11.2. The maximum atomic E-state index is 11.2. The molecule has 0 saturated heterocycles. The molecule has 0 aliphatic rings. The monoisotopic (exact) mass is 214 g/mol. The van der Waals surface area contributed by atoms with Crippen LogP contribution >= 0.6 is 0 Å². The maximum Gasteiger partial charge on any atom is 0.237 e. The first kappa shape index (κ1) is 13.9. The smallest absolute Gasteiger partial charge is 0.237 e. The summed E-state index contributed by atoms with van der Waals surface area (Å²) in [7, 11) is 0. The van der Waals surface area contributed by atoms with Gasteiger partial charge in [-0.3, -0.25) is 4.79 Å². The Morgan fingerprint density at radius 1 is 1.60 bits per heavy atom. The first-order valence-electron chi connectivity index (χ1n) is 4.87. The van der Waals surface area contributed by atoms with E-state index < -0.39 is 6.04 Å². The summed E-state index contributed by atoms with van der Waals surface area (Å²) in [5.74, 6) is 2.09. The summed E-state index contributed by atoms with van der Waals surface area (Å²) in [6.07, 6.45) is 5.96. The topological polar surface area (TPSA) is 84.6 Å². The van der Waals surface area contributed by atoms with Crippen LogP contribution in [0.2, 0.25) is 0 Å². The number of rotatable bonds is 8. The number of hydrogen-bond donors (Lipinski definition) is 3. The second-order valence-electron chi connectivity index (χ2n) is 3.00. The third kappa shape index (κ3) is 7.94. The number of terminal acetylenes is 1. The van der Waals surface area contributed by atoms with Gasteiger partial charge in [-0.2, -0.15) is 0 Å². The van der Waals surface area contributed by atoms with Crippen molar-refractivity contribution in [3.05, 3.63) is 0 Å². The number of hydrogen-bond acceptors (Lipinski definition) is 4. The Balaban J connectivity index is 3.35. The van der Waals surface area contributed by atoms with Crippen LogP contribution in [0.5, 0.6) is 0 Å². The zero-order chi connectivity index (χ0) is 11.5. The number of aliphatic hydroxyl groups is 1. The van der Waals surface area contributed by atoms with Crippen LogP contribution in [0.1, 0.15) is 12.8 Å². The standard InChI is InChI=1S/C10H18N2O3/c1-2-4-9(11)10(14)12-5-3-7-15-8-6-13/h1,9,13H,3-8,11H2,(H,12,14). The number of amides is 1. The lowest BCUT2D eigenvalue weighted by atomic mass is 10.2. The number of aliphatic hydroxyl groups excluding tert-OH is 1. The normalized spacial score (nSPS) is 11.8. The van der Waals surface area contributed by atoms with Crippen molar-refractivity contribution in [2.75, 3.05) is 26.4 Å². The van der Waals surface area contributed by atoms with Gasteiger partial charge in [0.1, 0.15) is 0 Å². The van der Waals surface area contributed by atoms with Gasteiger partial charge in [0.05, 0.1) is 19.3 Å². The van der Waals surface area contributed by atoms with Gasteiger partial charge in [0.15, 0.2) is 0 Å². The van der Waals surface area contributed by atoms with E-state index in [1.165, 1.54) is 0 Å². The van der Waals surface area contributed by atoms with Gasteiger partial charge >= 0.3 is 0 Å². The summed E-state index contributed by atoms with van der Waals surface area (Å²) in [5.41, 5.74) is 5.47. The molecule has 0 fully saturated rings. The van der Waals surface area contributed by atoms with Crippen molar-refractivity contribution in [2.24, 2.45) is 5.73 Å². The van der Waals surface area contributed by atoms with Gasteiger partial charge in [0, 0.05) is 19.6 Å². The van der Waals surface area contributed by atoms with Crippen molar-refractivity contribution in [3.8, 4) is 12.3 Å². The molecule has 1 atom stereocenters. The number of nitrogens with two attached hydrogens (primary N) is 1. The molecule has 5 nitrogen and oxygen atoms in total. The zero-order valence-corrected chi connectivity index (χ0v) is 8.74. The Morgan fingerprint density at radius 3 is 2.93 bits per heavy atom. The van der Waals surface area contributed by atoms with E-state index in [9.17, 15) is 4.79 Å². The molecular formula is C10H18N2O3. The predicted molar refractivity (Wildman–Crippen MR) is 57.0 cm³/mol. The van der Waals surface area contributed by atoms with Crippen molar-refractivity contribution < 1.29 is 14.6 Å². The van der Waals surface area contributed by atoms with Crippen molar-refractivity contribution in [1.82, 2.24) is 5.32 Å². The predicted octanol–water partition coefficient (Wildman–Crippen LogP) is -1.15. The van der Waals surface area contributed by atoms with Crippen molar-refractivity contribution in [2.45, 2.75) is 18.9 Å². The summed E-state index contributed by atoms with van der Waals surface area (Å²) in [5, 5.41) is 11.1. The number of carbonyl (C=O) groups is 1. The second kappa shape index (κ2) is 9.46. The molecule has 0 heterocycles. The molecule has 0 rings (SSSR count). The SMILES string of the molecule is C#CCC(N)C(=O)NCCCOCCO. The van der Waals surface area contributed by atoms with E-state index in [1.54, 1.807) is 0 Å². The Hall–Kier alpha value is -1.09. The molecule has 1 amide bonds. The highest BCUT2D eigenvalue weighted by Gasteiger charge is 2.10. The van der Waals surface area contributed by atoms with E-state index in [0.717, 1.165) is 0 Å². The van der Waals surface area contributed by atoms with Crippen molar-refractivity contribution in [1.29, 1.82) is 0 Å². The van der Waals surface area contributed by atoms with E-state index in [4.69, 9.17) is 22.0 Å². The minimum absolute atomic E-state index is 0.0133. The fourth-order valence-electron chi connectivity index (χ4n) is 0.903. The maximum absolute atomic E-state index is 11.2. The van der Waals surface area contributed by atoms with E-state index in [-0.39, 0.29) is 18.9 Å². The molecule has 0 aromatic rings. The van der Waals surface area contributed by atoms with Crippen LogP contribution in [-0.4, -0.2) is 43.4 Å². The van der Waals surface area contributed by atoms with Crippen LogP contribution < -0.4 is 11.1 Å². The highest BCUT2D eigenvalue weighted by Crippen LogP contribution is 1.86. The first-order chi connectivity index (χ1) is 7.22. The minimum atomic E-state index is -0.631. The van der Waals surface area contributed by atoms with Crippen LogP contribution in [-0.2, 0) is 9.53 Å². The molecule has 86 valence electrons. The van der Waals surface area contributed by atoms with Crippen LogP contribution in [0.15, 0.2) is 0 Å². The van der Waals surface area contributed by atoms with E-state index >= 15 is 0 Å². The van der Waals surface area contributed by atoms with Gasteiger partial charge in [-0.25, -0.2) is 0 Å².